The maximum atomic E-state index is 12.5. The van der Waals surface area contributed by atoms with Crippen molar-refractivity contribution in [3.05, 3.63) is 48.2 Å². The lowest BCUT2D eigenvalue weighted by atomic mass is 10.2. The number of likely N-dealkylation sites (N-methyl/N-ethyl adjacent to an activating group) is 1. The van der Waals surface area contributed by atoms with Gasteiger partial charge in [-0.05, 0) is 31.3 Å². The number of carbonyl (C=O) groups excluding carboxylic acids is 1. The largest absolute Gasteiger partial charge is 0.497 e. The molecule has 2 aromatic rings. The lowest BCUT2D eigenvalue weighted by Crippen LogP contribution is -2.44. The number of methoxy groups -OCH3 is 1. The molecule has 6 nitrogen and oxygen atoms in total. The van der Waals surface area contributed by atoms with E-state index in [1.54, 1.807) is 19.2 Å². The highest BCUT2D eigenvalue weighted by Crippen LogP contribution is 2.18. The summed E-state index contributed by atoms with van der Waals surface area (Å²) in [6.07, 6.45) is 0. The number of hydrogen-bond acceptors (Lipinski definition) is 5. The molecule has 0 bridgehead atoms. The van der Waals surface area contributed by atoms with E-state index in [0.717, 1.165) is 32.0 Å². The van der Waals surface area contributed by atoms with E-state index < -0.39 is 0 Å². The first-order chi connectivity index (χ1) is 11.7. The van der Waals surface area contributed by atoms with Gasteiger partial charge in [0.05, 0.1) is 7.11 Å². The number of anilines is 2. The van der Waals surface area contributed by atoms with E-state index in [1.165, 1.54) is 0 Å². The normalized spacial score (nSPS) is 15.2. The number of rotatable bonds is 4. The molecule has 24 heavy (non-hydrogen) atoms. The minimum absolute atomic E-state index is 0.223. The molecule has 1 aliphatic rings. The van der Waals surface area contributed by atoms with Crippen molar-refractivity contribution in [2.45, 2.75) is 0 Å². The average Bonchev–Trinajstić information content (AvgIpc) is 2.62. The summed E-state index contributed by atoms with van der Waals surface area (Å²) in [5, 5.41) is 2.86. The van der Waals surface area contributed by atoms with Crippen molar-refractivity contribution in [1.29, 1.82) is 0 Å². The Labute approximate surface area is 142 Å². The van der Waals surface area contributed by atoms with Gasteiger partial charge < -0.3 is 19.9 Å². The van der Waals surface area contributed by atoms with Crippen molar-refractivity contribution in [3.63, 3.8) is 0 Å². The maximum Gasteiger partial charge on any atom is 0.274 e. The van der Waals surface area contributed by atoms with Crippen LogP contribution in [0.4, 0.5) is 11.5 Å². The highest BCUT2D eigenvalue weighted by molar-refractivity contribution is 6.03. The van der Waals surface area contributed by atoms with Gasteiger partial charge in [0.25, 0.3) is 5.91 Å². The number of carbonyl (C=O) groups is 1. The molecule has 3 rings (SSSR count). The number of amides is 1. The topological polar surface area (TPSA) is 57.7 Å². The molecule has 1 aromatic carbocycles. The molecule has 1 aliphatic heterocycles. The fourth-order valence-corrected chi connectivity index (χ4v) is 2.66. The molecule has 1 fully saturated rings. The first-order valence-electron chi connectivity index (χ1n) is 8.01. The van der Waals surface area contributed by atoms with Crippen molar-refractivity contribution in [2.24, 2.45) is 0 Å². The molecule has 0 saturated carbocycles. The monoisotopic (exact) mass is 326 g/mol. The van der Waals surface area contributed by atoms with Gasteiger partial charge in [0.1, 0.15) is 17.3 Å². The van der Waals surface area contributed by atoms with Crippen LogP contribution in [0.3, 0.4) is 0 Å². The number of pyridine rings is 1. The molecular weight excluding hydrogens is 304 g/mol. The van der Waals surface area contributed by atoms with E-state index in [2.05, 4.69) is 27.1 Å². The summed E-state index contributed by atoms with van der Waals surface area (Å²) in [5.74, 6) is 1.33. The SMILES string of the molecule is COc1cccc(NC(=O)c2cccc(N3CCN(C)CC3)n2)c1. The average molecular weight is 326 g/mol. The van der Waals surface area contributed by atoms with Crippen molar-refractivity contribution in [3.8, 4) is 5.75 Å². The molecule has 1 aromatic heterocycles. The number of nitrogens with zero attached hydrogens (tertiary/aromatic N) is 3. The zero-order valence-corrected chi connectivity index (χ0v) is 14.0. The summed E-state index contributed by atoms with van der Waals surface area (Å²) >= 11 is 0. The van der Waals surface area contributed by atoms with Crippen molar-refractivity contribution in [1.82, 2.24) is 9.88 Å². The molecule has 2 heterocycles. The lowest BCUT2D eigenvalue weighted by Gasteiger charge is -2.33. The second-order valence-corrected chi connectivity index (χ2v) is 5.86. The fourth-order valence-electron chi connectivity index (χ4n) is 2.66. The Morgan fingerprint density at radius 3 is 2.62 bits per heavy atom. The van der Waals surface area contributed by atoms with Gasteiger partial charge in [-0.1, -0.05) is 12.1 Å². The highest BCUT2D eigenvalue weighted by atomic mass is 16.5. The van der Waals surface area contributed by atoms with Crippen molar-refractivity contribution < 1.29 is 9.53 Å². The van der Waals surface area contributed by atoms with E-state index in [-0.39, 0.29) is 5.91 Å². The summed E-state index contributed by atoms with van der Waals surface area (Å²) in [6, 6.07) is 12.8. The fraction of sp³-hybridized carbons (Fsp3) is 0.333. The number of aromatic nitrogens is 1. The van der Waals surface area contributed by atoms with Gasteiger partial charge in [-0.25, -0.2) is 4.98 Å². The van der Waals surface area contributed by atoms with Crippen LogP contribution in [0.2, 0.25) is 0 Å². The third-order valence-corrected chi connectivity index (χ3v) is 4.12. The minimum atomic E-state index is -0.223. The van der Waals surface area contributed by atoms with Crippen LogP contribution in [0.1, 0.15) is 10.5 Å². The minimum Gasteiger partial charge on any atom is -0.497 e. The number of benzene rings is 1. The van der Waals surface area contributed by atoms with E-state index in [9.17, 15) is 4.79 Å². The van der Waals surface area contributed by atoms with Gasteiger partial charge in [-0.2, -0.15) is 0 Å². The van der Waals surface area contributed by atoms with Gasteiger partial charge in [0.15, 0.2) is 0 Å². The summed E-state index contributed by atoms with van der Waals surface area (Å²) < 4.78 is 5.17. The van der Waals surface area contributed by atoms with E-state index >= 15 is 0 Å². The Morgan fingerprint density at radius 1 is 1.12 bits per heavy atom. The van der Waals surface area contributed by atoms with Gasteiger partial charge in [0, 0.05) is 37.9 Å². The molecule has 1 saturated heterocycles. The molecule has 0 spiro atoms. The number of ether oxygens (including phenoxy) is 1. The smallest absolute Gasteiger partial charge is 0.274 e. The summed E-state index contributed by atoms with van der Waals surface area (Å²) in [5.41, 5.74) is 1.10. The first kappa shape index (κ1) is 16.3. The zero-order valence-electron chi connectivity index (χ0n) is 14.0. The van der Waals surface area contributed by atoms with Gasteiger partial charge in [0.2, 0.25) is 0 Å². The summed E-state index contributed by atoms with van der Waals surface area (Å²) in [7, 11) is 3.71. The van der Waals surface area contributed by atoms with Crippen LogP contribution in [0.25, 0.3) is 0 Å². The molecule has 126 valence electrons. The van der Waals surface area contributed by atoms with Crippen LogP contribution >= 0.6 is 0 Å². The van der Waals surface area contributed by atoms with E-state index in [1.807, 2.05) is 30.3 Å². The molecular formula is C18H22N4O2. The molecule has 1 amide bonds. The predicted molar refractivity (Wildman–Crippen MR) is 94.9 cm³/mol. The second kappa shape index (κ2) is 7.31. The van der Waals surface area contributed by atoms with Crippen LogP contribution < -0.4 is 15.0 Å². The number of hydrogen-bond donors (Lipinski definition) is 1. The molecule has 0 radical (unpaired) electrons. The Morgan fingerprint density at radius 2 is 1.88 bits per heavy atom. The van der Waals surface area contributed by atoms with Crippen LogP contribution in [-0.2, 0) is 0 Å². The highest BCUT2D eigenvalue weighted by Gasteiger charge is 2.17. The van der Waals surface area contributed by atoms with Crippen LogP contribution in [-0.4, -0.2) is 56.1 Å². The third kappa shape index (κ3) is 3.83. The molecule has 0 atom stereocenters. The Bertz CT molecular complexity index is 712. The molecule has 0 unspecified atom stereocenters. The van der Waals surface area contributed by atoms with Crippen molar-refractivity contribution >= 4 is 17.4 Å². The molecule has 6 heteroatoms. The van der Waals surface area contributed by atoms with Crippen molar-refractivity contribution in [2.75, 3.05) is 50.6 Å². The lowest BCUT2D eigenvalue weighted by molar-refractivity contribution is 0.102. The molecule has 0 aliphatic carbocycles. The number of nitrogens with one attached hydrogen (secondary N) is 1. The van der Waals surface area contributed by atoms with E-state index in [0.29, 0.717) is 17.1 Å². The zero-order chi connectivity index (χ0) is 16.9. The van der Waals surface area contributed by atoms with Gasteiger partial charge >= 0.3 is 0 Å². The Kier molecular flexibility index (Phi) is 4.96. The maximum absolute atomic E-state index is 12.5. The van der Waals surface area contributed by atoms with Gasteiger partial charge in [-0.15, -0.1) is 0 Å². The van der Waals surface area contributed by atoms with E-state index in [4.69, 9.17) is 4.74 Å². The summed E-state index contributed by atoms with van der Waals surface area (Å²) in [6.45, 7) is 3.85. The Balaban J connectivity index is 1.72. The van der Waals surface area contributed by atoms with Gasteiger partial charge in [-0.3, -0.25) is 4.79 Å². The number of piperazine rings is 1. The summed E-state index contributed by atoms with van der Waals surface area (Å²) in [4.78, 5) is 21.5. The van der Waals surface area contributed by atoms with Crippen LogP contribution in [0.15, 0.2) is 42.5 Å². The predicted octanol–water partition coefficient (Wildman–Crippen LogP) is 2.09. The molecule has 1 N–H and O–H groups in total. The first-order valence-corrected chi connectivity index (χ1v) is 8.01. The second-order valence-electron chi connectivity index (χ2n) is 5.86. The third-order valence-electron chi connectivity index (χ3n) is 4.12. The standard InChI is InChI=1S/C18H22N4O2/c1-21-9-11-22(12-10-21)17-8-4-7-16(20-17)18(23)19-14-5-3-6-15(13-14)24-2/h3-8,13H,9-12H2,1-2H3,(H,19,23). The quantitative estimate of drug-likeness (QED) is 0.932. The van der Waals surface area contributed by atoms with Crippen LogP contribution in [0, 0.1) is 0 Å². The Hall–Kier alpha value is -2.60. The van der Waals surface area contributed by atoms with Crippen LogP contribution in [0.5, 0.6) is 5.75 Å².